The van der Waals surface area contributed by atoms with Crippen LogP contribution in [0.4, 0.5) is 11.8 Å². The van der Waals surface area contributed by atoms with Crippen LogP contribution in [0.25, 0.3) is 0 Å². The Morgan fingerprint density at radius 3 is 2.60 bits per heavy atom. The first kappa shape index (κ1) is 17.7. The van der Waals surface area contributed by atoms with Crippen molar-refractivity contribution in [2.75, 3.05) is 36.5 Å². The van der Waals surface area contributed by atoms with Gasteiger partial charge in [0, 0.05) is 32.9 Å². The highest BCUT2D eigenvalue weighted by atomic mass is 15.3. The maximum Gasteiger partial charge on any atom is 0.226 e. The van der Waals surface area contributed by atoms with Crippen molar-refractivity contribution in [1.29, 1.82) is 0 Å². The molecule has 4 nitrogen and oxygen atoms in total. The van der Waals surface area contributed by atoms with Gasteiger partial charge in [0.1, 0.15) is 5.82 Å². The summed E-state index contributed by atoms with van der Waals surface area (Å²) in [6, 6.07) is 12.9. The fourth-order valence-corrected chi connectivity index (χ4v) is 3.51. The third-order valence-corrected chi connectivity index (χ3v) is 5.12. The van der Waals surface area contributed by atoms with Gasteiger partial charge in [0.2, 0.25) is 5.95 Å². The van der Waals surface area contributed by atoms with Crippen molar-refractivity contribution in [3.8, 4) is 0 Å². The van der Waals surface area contributed by atoms with E-state index in [9.17, 15) is 0 Å². The summed E-state index contributed by atoms with van der Waals surface area (Å²) in [5.41, 5.74) is 1.46. The summed E-state index contributed by atoms with van der Waals surface area (Å²) >= 11 is 0. The molecule has 0 spiro atoms. The Hall–Kier alpha value is -2.10. The zero-order valence-corrected chi connectivity index (χ0v) is 15.6. The lowest BCUT2D eigenvalue weighted by Crippen LogP contribution is -2.35. The molecule has 4 heteroatoms. The number of hydrogen-bond acceptors (Lipinski definition) is 4. The molecule has 3 rings (SSSR count). The number of unbranched alkanes of at least 4 members (excludes halogenated alkanes) is 1. The minimum Gasteiger partial charge on any atom is -0.356 e. The minimum absolute atomic E-state index is 0.784. The predicted octanol–water partition coefficient (Wildman–Crippen LogP) is 4.17. The van der Waals surface area contributed by atoms with E-state index in [1.165, 1.54) is 37.7 Å². The molecule has 1 aromatic carbocycles. The maximum atomic E-state index is 4.80. The van der Waals surface area contributed by atoms with Gasteiger partial charge >= 0.3 is 0 Å². The highest BCUT2D eigenvalue weighted by Gasteiger charge is 2.21. The number of piperidine rings is 1. The smallest absolute Gasteiger partial charge is 0.226 e. The van der Waals surface area contributed by atoms with Crippen LogP contribution in [0.1, 0.15) is 38.2 Å². The second-order valence-electron chi connectivity index (χ2n) is 7.11. The van der Waals surface area contributed by atoms with Gasteiger partial charge in [0.25, 0.3) is 0 Å². The number of aromatic nitrogens is 2. The summed E-state index contributed by atoms with van der Waals surface area (Å²) in [6.07, 6.45) is 7.94. The van der Waals surface area contributed by atoms with Gasteiger partial charge in [-0.25, -0.2) is 4.98 Å². The van der Waals surface area contributed by atoms with Crippen molar-refractivity contribution in [3.63, 3.8) is 0 Å². The Morgan fingerprint density at radius 2 is 1.88 bits per heavy atom. The van der Waals surface area contributed by atoms with Crippen LogP contribution in [0.3, 0.4) is 0 Å². The van der Waals surface area contributed by atoms with E-state index in [-0.39, 0.29) is 0 Å². The molecule has 1 saturated heterocycles. The fourth-order valence-electron chi connectivity index (χ4n) is 3.51. The van der Waals surface area contributed by atoms with Crippen molar-refractivity contribution in [2.45, 2.75) is 39.0 Å². The highest BCUT2D eigenvalue weighted by molar-refractivity contribution is 5.43. The van der Waals surface area contributed by atoms with Gasteiger partial charge < -0.3 is 9.80 Å². The molecular weight excluding hydrogens is 308 g/mol. The van der Waals surface area contributed by atoms with Crippen LogP contribution < -0.4 is 9.80 Å². The maximum absolute atomic E-state index is 4.80. The molecule has 0 N–H and O–H groups in total. The molecule has 25 heavy (non-hydrogen) atoms. The van der Waals surface area contributed by atoms with Crippen molar-refractivity contribution in [2.24, 2.45) is 5.92 Å². The first-order valence-corrected chi connectivity index (χ1v) is 9.59. The van der Waals surface area contributed by atoms with E-state index in [2.05, 4.69) is 65.2 Å². The highest BCUT2D eigenvalue weighted by Crippen LogP contribution is 2.25. The van der Waals surface area contributed by atoms with Crippen LogP contribution in [0.2, 0.25) is 0 Å². The lowest BCUT2D eigenvalue weighted by atomic mass is 9.90. The number of benzene rings is 1. The Labute approximate surface area is 151 Å². The Morgan fingerprint density at radius 1 is 1.12 bits per heavy atom. The van der Waals surface area contributed by atoms with Gasteiger partial charge in [0.15, 0.2) is 0 Å². The Kier molecular flexibility index (Phi) is 6.26. The summed E-state index contributed by atoms with van der Waals surface area (Å²) in [5, 5.41) is 0. The Balaban J connectivity index is 1.55. The van der Waals surface area contributed by atoms with E-state index in [1.807, 2.05) is 6.20 Å². The van der Waals surface area contributed by atoms with E-state index in [1.54, 1.807) is 0 Å². The van der Waals surface area contributed by atoms with E-state index < -0.39 is 0 Å². The minimum atomic E-state index is 0.784. The molecule has 1 fully saturated rings. The van der Waals surface area contributed by atoms with Crippen molar-refractivity contribution < 1.29 is 0 Å². The molecule has 2 aromatic rings. The van der Waals surface area contributed by atoms with Crippen molar-refractivity contribution in [1.82, 2.24) is 9.97 Å². The van der Waals surface area contributed by atoms with E-state index in [4.69, 9.17) is 4.98 Å². The van der Waals surface area contributed by atoms with Crippen LogP contribution in [0.15, 0.2) is 42.6 Å². The Bertz CT molecular complexity index is 635. The van der Waals surface area contributed by atoms with Gasteiger partial charge in [-0.05, 0) is 43.2 Å². The van der Waals surface area contributed by atoms with Gasteiger partial charge in [-0.2, -0.15) is 4.98 Å². The fraction of sp³-hybridized carbons (Fsp3) is 0.524. The second-order valence-corrected chi connectivity index (χ2v) is 7.11. The van der Waals surface area contributed by atoms with Crippen molar-refractivity contribution in [3.05, 3.63) is 48.2 Å². The lowest BCUT2D eigenvalue weighted by Gasteiger charge is -2.33. The molecule has 2 heterocycles. The van der Waals surface area contributed by atoms with E-state index in [0.717, 1.165) is 37.3 Å². The number of nitrogens with zero attached hydrogens (tertiary/aromatic N) is 4. The monoisotopic (exact) mass is 338 g/mol. The average Bonchev–Trinajstić information content (AvgIpc) is 2.67. The predicted molar refractivity (Wildman–Crippen MR) is 105 cm³/mol. The SMILES string of the molecule is CCCCN(C)c1nccc(N2CCC(Cc3ccccc3)CC2)n1. The van der Waals surface area contributed by atoms with E-state index in [0.29, 0.717) is 0 Å². The molecule has 0 radical (unpaired) electrons. The molecule has 1 aliphatic rings. The molecule has 0 atom stereocenters. The standard InChI is InChI=1S/C21H30N4/c1-3-4-14-24(2)21-22-13-10-20(23-21)25-15-11-19(12-16-25)17-18-8-6-5-7-9-18/h5-10,13,19H,3-4,11-12,14-17H2,1-2H3. The summed E-state index contributed by atoms with van der Waals surface area (Å²) in [5.74, 6) is 2.70. The zero-order chi connectivity index (χ0) is 17.5. The number of rotatable bonds is 7. The van der Waals surface area contributed by atoms with E-state index >= 15 is 0 Å². The van der Waals surface area contributed by atoms with Gasteiger partial charge in [-0.3, -0.25) is 0 Å². The molecule has 0 bridgehead atoms. The number of anilines is 2. The van der Waals surface area contributed by atoms with Crippen LogP contribution in [-0.2, 0) is 6.42 Å². The van der Waals surface area contributed by atoms with Gasteiger partial charge in [-0.1, -0.05) is 43.7 Å². The summed E-state index contributed by atoms with van der Waals surface area (Å²) < 4.78 is 0. The van der Waals surface area contributed by atoms with Crippen LogP contribution >= 0.6 is 0 Å². The molecule has 1 aliphatic heterocycles. The largest absolute Gasteiger partial charge is 0.356 e. The molecule has 0 saturated carbocycles. The summed E-state index contributed by atoms with van der Waals surface area (Å²) in [4.78, 5) is 13.8. The van der Waals surface area contributed by atoms with Gasteiger partial charge in [0.05, 0.1) is 0 Å². The third-order valence-electron chi connectivity index (χ3n) is 5.12. The molecule has 0 aliphatic carbocycles. The average molecular weight is 338 g/mol. The molecule has 0 amide bonds. The normalized spacial score (nSPS) is 15.4. The van der Waals surface area contributed by atoms with Crippen LogP contribution in [-0.4, -0.2) is 36.6 Å². The van der Waals surface area contributed by atoms with Gasteiger partial charge in [-0.15, -0.1) is 0 Å². The summed E-state index contributed by atoms with van der Waals surface area (Å²) in [7, 11) is 2.08. The first-order chi connectivity index (χ1) is 12.3. The molecular formula is C21H30N4. The zero-order valence-electron chi connectivity index (χ0n) is 15.6. The molecule has 1 aromatic heterocycles. The lowest BCUT2D eigenvalue weighted by molar-refractivity contribution is 0.402. The third kappa shape index (κ3) is 4.94. The molecule has 0 unspecified atom stereocenters. The van der Waals surface area contributed by atoms with Crippen LogP contribution in [0.5, 0.6) is 0 Å². The topological polar surface area (TPSA) is 32.3 Å². The quantitative estimate of drug-likeness (QED) is 0.758. The number of hydrogen-bond donors (Lipinski definition) is 0. The summed E-state index contributed by atoms with van der Waals surface area (Å²) in [6.45, 7) is 5.41. The first-order valence-electron chi connectivity index (χ1n) is 9.59. The second kappa shape index (κ2) is 8.84. The van der Waals surface area contributed by atoms with Crippen LogP contribution in [0, 0.1) is 5.92 Å². The molecule has 134 valence electrons. The van der Waals surface area contributed by atoms with Crippen molar-refractivity contribution >= 4 is 11.8 Å².